The molecule has 0 radical (unpaired) electrons. The van der Waals surface area contributed by atoms with Crippen LogP contribution in [-0.2, 0) is 0 Å². The number of hydrogen-bond donors (Lipinski definition) is 1. The van der Waals surface area contributed by atoms with E-state index in [1.807, 2.05) is 13.1 Å². The third-order valence-electron chi connectivity index (χ3n) is 1.79. The molecule has 1 heterocycles. The molecule has 1 aromatic rings. The molecule has 0 aliphatic heterocycles. The molecule has 80 valence electrons. The average molecular weight is 206 g/mol. The van der Waals surface area contributed by atoms with Gasteiger partial charge in [0, 0.05) is 19.3 Å². The number of nitriles is 1. The molecule has 0 aliphatic carbocycles. The first-order valence-electron chi connectivity index (χ1n) is 4.61. The van der Waals surface area contributed by atoms with Crippen LogP contribution in [0.4, 0.5) is 5.82 Å². The zero-order valence-electron chi connectivity index (χ0n) is 8.84. The maximum Gasteiger partial charge on any atom is 0.179 e. The molecule has 0 saturated heterocycles. The fourth-order valence-electron chi connectivity index (χ4n) is 1.20. The van der Waals surface area contributed by atoms with Crippen molar-refractivity contribution in [3.63, 3.8) is 0 Å². The van der Waals surface area contributed by atoms with Crippen LogP contribution in [0, 0.1) is 11.5 Å². The molecule has 5 heteroatoms. The van der Waals surface area contributed by atoms with Gasteiger partial charge < -0.3 is 15.4 Å². The average Bonchev–Trinajstić information content (AvgIpc) is 2.17. The summed E-state index contributed by atoms with van der Waals surface area (Å²) in [5.41, 5.74) is 5.51. The Labute approximate surface area is 89.1 Å². The number of aromatic nitrogens is 1. The van der Waals surface area contributed by atoms with Gasteiger partial charge in [0.05, 0.1) is 6.54 Å². The number of ether oxygens (including phenoxy) is 1. The van der Waals surface area contributed by atoms with Crippen LogP contribution >= 0.6 is 0 Å². The molecule has 15 heavy (non-hydrogen) atoms. The summed E-state index contributed by atoms with van der Waals surface area (Å²) in [5, 5.41) is 8.58. The van der Waals surface area contributed by atoms with Crippen molar-refractivity contribution in [2.45, 2.75) is 13.0 Å². The van der Waals surface area contributed by atoms with E-state index in [0.717, 1.165) is 0 Å². The zero-order chi connectivity index (χ0) is 11.3. The van der Waals surface area contributed by atoms with Gasteiger partial charge in [0.2, 0.25) is 0 Å². The lowest BCUT2D eigenvalue weighted by Crippen LogP contribution is -2.27. The maximum absolute atomic E-state index is 8.58. The third-order valence-corrected chi connectivity index (χ3v) is 1.79. The molecule has 1 rings (SSSR count). The van der Waals surface area contributed by atoms with Gasteiger partial charge in [0.15, 0.2) is 6.19 Å². The quantitative estimate of drug-likeness (QED) is 0.583. The molecular formula is C10H14N4O. The van der Waals surface area contributed by atoms with Crippen LogP contribution in [-0.4, -0.2) is 29.6 Å². The number of pyridine rings is 1. The van der Waals surface area contributed by atoms with Crippen molar-refractivity contribution in [3.05, 3.63) is 18.3 Å². The molecule has 0 spiro atoms. The van der Waals surface area contributed by atoms with Crippen LogP contribution in [0.2, 0.25) is 0 Å². The fraction of sp³-hybridized carbons (Fsp3) is 0.400. The number of hydrogen-bond acceptors (Lipinski definition) is 5. The first kappa shape index (κ1) is 11.1. The Balaban J connectivity index is 2.52. The second-order valence-corrected chi connectivity index (χ2v) is 3.33. The van der Waals surface area contributed by atoms with E-state index < -0.39 is 0 Å². The molecule has 1 aromatic heterocycles. The Bertz CT molecular complexity index is 361. The van der Waals surface area contributed by atoms with Crippen molar-refractivity contribution >= 4 is 5.82 Å². The van der Waals surface area contributed by atoms with Crippen molar-refractivity contribution in [3.8, 4) is 11.9 Å². The minimum Gasteiger partial charge on any atom is -0.489 e. The molecule has 5 nitrogen and oxygen atoms in total. The van der Waals surface area contributed by atoms with E-state index in [-0.39, 0.29) is 6.10 Å². The second-order valence-electron chi connectivity index (χ2n) is 3.33. The van der Waals surface area contributed by atoms with Gasteiger partial charge in [-0.15, -0.1) is 0 Å². The highest BCUT2D eigenvalue weighted by atomic mass is 16.5. The SMILES string of the molecule is CC(CN(C)C#N)Oc1ccnc(N)c1. The van der Waals surface area contributed by atoms with Gasteiger partial charge in [-0.1, -0.05) is 0 Å². The largest absolute Gasteiger partial charge is 0.489 e. The number of nitrogens with zero attached hydrogens (tertiary/aromatic N) is 3. The topological polar surface area (TPSA) is 75.2 Å². The van der Waals surface area contributed by atoms with Gasteiger partial charge in [0.25, 0.3) is 0 Å². The first-order valence-corrected chi connectivity index (χ1v) is 4.61. The van der Waals surface area contributed by atoms with E-state index >= 15 is 0 Å². The normalized spacial score (nSPS) is 11.5. The van der Waals surface area contributed by atoms with E-state index in [4.69, 9.17) is 15.7 Å². The Morgan fingerprint density at radius 1 is 1.73 bits per heavy atom. The lowest BCUT2D eigenvalue weighted by molar-refractivity contribution is 0.188. The summed E-state index contributed by atoms with van der Waals surface area (Å²) in [4.78, 5) is 5.37. The van der Waals surface area contributed by atoms with Crippen molar-refractivity contribution < 1.29 is 4.74 Å². The molecule has 0 saturated carbocycles. The Kier molecular flexibility index (Phi) is 3.75. The predicted octanol–water partition coefficient (Wildman–Crippen LogP) is 0.844. The summed E-state index contributed by atoms with van der Waals surface area (Å²) in [7, 11) is 1.71. The molecule has 2 N–H and O–H groups in total. The highest BCUT2D eigenvalue weighted by molar-refractivity contribution is 5.35. The summed E-state index contributed by atoms with van der Waals surface area (Å²) >= 11 is 0. The van der Waals surface area contributed by atoms with Gasteiger partial charge in [-0.05, 0) is 13.0 Å². The van der Waals surface area contributed by atoms with Crippen LogP contribution < -0.4 is 10.5 Å². The lowest BCUT2D eigenvalue weighted by atomic mass is 10.3. The van der Waals surface area contributed by atoms with Crippen molar-refractivity contribution in [2.75, 3.05) is 19.3 Å². The second kappa shape index (κ2) is 5.05. The monoisotopic (exact) mass is 206 g/mol. The highest BCUT2D eigenvalue weighted by Crippen LogP contribution is 2.13. The molecular weight excluding hydrogens is 192 g/mol. The van der Waals surface area contributed by atoms with E-state index in [9.17, 15) is 0 Å². The Morgan fingerprint density at radius 3 is 3.07 bits per heavy atom. The van der Waals surface area contributed by atoms with Crippen LogP contribution in [0.1, 0.15) is 6.92 Å². The lowest BCUT2D eigenvalue weighted by Gasteiger charge is -2.17. The van der Waals surface area contributed by atoms with Crippen molar-refractivity contribution in [1.82, 2.24) is 9.88 Å². The fourth-order valence-corrected chi connectivity index (χ4v) is 1.20. The van der Waals surface area contributed by atoms with E-state index in [1.165, 1.54) is 4.90 Å². The standard InChI is InChI=1S/C10H14N4O/c1-8(6-14(2)7-11)15-9-3-4-13-10(12)5-9/h3-5,8H,6H2,1-2H3,(H2,12,13). The minimum atomic E-state index is -0.0727. The maximum atomic E-state index is 8.58. The molecule has 0 bridgehead atoms. The van der Waals surface area contributed by atoms with Gasteiger partial charge in [0.1, 0.15) is 17.7 Å². The number of anilines is 1. The first-order chi connectivity index (χ1) is 7.11. The van der Waals surface area contributed by atoms with E-state index in [0.29, 0.717) is 18.1 Å². The van der Waals surface area contributed by atoms with E-state index in [1.54, 1.807) is 25.4 Å². The highest BCUT2D eigenvalue weighted by Gasteiger charge is 2.06. The number of rotatable bonds is 4. The summed E-state index contributed by atoms with van der Waals surface area (Å²) < 4.78 is 5.55. The summed E-state index contributed by atoms with van der Waals surface area (Å²) in [6.45, 7) is 2.43. The van der Waals surface area contributed by atoms with Crippen LogP contribution in [0.15, 0.2) is 18.3 Å². The number of nitrogens with two attached hydrogens (primary N) is 1. The third kappa shape index (κ3) is 3.73. The zero-order valence-corrected chi connectivity index (χ0v) is 8.84. The summed E-state index contributed by atoms with van der Waals surface area (Å²) in [6.07, 6.45) is 3.53. The minimum absolute atomic E-state index is 0.0727. The Morgan fingerprint density at radius 2 is 2.47 bits per heavy atom. The predicted molar refractivity (Wildman–Crippen MR) is 57.0 cm³/mol. The van der Waals surface area contributed by atoms with Crippen molar-refractivity contribution in [2.24, 2.45) is 0 Å². The van der Waals surface area contributed by atoms with Crippen LogP contribution in [0.3, 0.4) is 0 Å². The van der Waals surface area contributed by atoms with Gasteiger partial charge >= 0.3 is 0 Å². The molecule has 1 unspecified atom stereocenters. The summed E-state index contributed by atoms with van der Waals surface area (Å²) in [5.74, 6) is 1.09. The van der Waals surface area contributed by atoms with Crippen LogP contribution in [0.25, 0.3) is 0 Å². The van der Waals surface area contributed by atoms with Gasteiger partial charge in [-0.3, -0.25) is 0 Å². The number of likely N-dealkylation sites (N-methyl/N-ethyl adjacent to an activating group) is 1. The van der Waals surface area contributed by atoms with E-state index in [2.05, 4.69) is 4.98 Å². The van der Waals surface area contributed by atoms with Crippen LogP contribution in [0.5, 0.6) is 5.75 Å². The number of nitrogen functional groups attached to an aromatic ring is 1. The molecule has 1 atom stereocenters. The smallest absolute Gasteiger partial charge is 0.179 e. The molecule has 0 aromatic carbocycles. The Hall–Kier alpha value is -1.96. The molecule has 0 aliphatic rings. The molecule has 0 amide bonds. The van der Waals surface area contributed by atoms with Gasteiger partial charge in [-0.25, -0.2) is 4.98 Å². The van der Waals surface area contributed by atoms with Crippen molar-refractivity contribution in [1.29, 1.82) is 5.26 Å². The summed E-state index contributed by atoms with van der Waals surface area (Å²) in [6, 6.07) is 3.39. The van der Waals surface area contributed by atoms with Gasteiger partial charge in [-0.2, -0.15) is 5.26 Å². The molecule has 0 fully saturated rings.